The Kier molecular flexibility index (Phi) is 3.02. The van der Waals surface area contributed by atoms with E-state index in [2.05, 4.69) is 22.6 Å². The molecule has 1 aromatic rings. The highest BCUT2D eigenvalue weighted by Crippen LogP contribution is 2.19. The number of carbonyl (C=O) groups is 1. The second-order valence-corrected chi connectivity index (χ2v) is 3.93. The molecule has 0 aromatic carbocycles. The SMILES string of the molecule is N#CCC(=O)c1sccc1I. The van der Waals surface area contributed by atoms with Gasteiger partial charge in [0.05, 0.1) is 17.4 Å². The maximum Gasteiger partial charge on any atom is 0.187 e. The van der Waals surface area contributed by atoms with Crippen molar-refractivity contribution in [2.45, 2.75) is 6.42 Å². The van der Waals surface area contributed by atoms with E-state index in [-0.39, 0.29) is 12.2 Å². The van der Waals surface area contributed by atoms with Crippen LogP contribution in [0.4, 0.5) is 0 Å². The number of hydrogen-bond acceptors (Lipinski definition) is 3. The molecule has 1 rings (SSSR count). The molecule has 0 aliphatic carbocycles. The van der Waals surface area contributed by atoms with Crippen molar-refractivity contribution in [2.75, 3.05) is 0 Å². The van der Waals surface area contributed by atoms with Crippen molar-refractivity contribution < 1.29 is 4.79 Å². The lowest BCUT2D eigenvalue weighted by Crippen LogP contribution is -1.94. The van der Waals surface area contributed by atoms with Gasteiger partial charge in [0.1, 0.15) is 0 Å². The van der Waals surface area contributed by atoms with Gasteiger partial charge in [0.2, 0.25) is 0 Å². The van der Waals surface area contributed by atoms with Gasteiger partial charge in [0.25, 0.3) is 0 Å². The summed E-state index contributed by atoms with van der Waals surface area (Å²) in [5.74, 6) is -0.0769. The summed E-state index contributed by atoms with van der Waals surface area (Å²) < 4.78 is 0.938. The predicted octanol–water partition coefficient (Wildman–Crippen LogP) is 2.45. The minimum atomic E-state index is -0.0769. The number of ketones is 1. The van der Waals surface area contributed by atoms with Crippen molar-refractivity contribution in [3.8, 4) is 6.07 Å². The fraction of sp³-hybridized carbons (Fsp3) is 0.143. The van der Waals surface area contributed by atoms with Gasteiger partial charge in [-0.1, -0.05) is 0 Å². The van der Waals surface area contributed by atoms with Gasteiger partial charge in [0.15, 0.2) is 5.78 Å². The van der Waals surface area contributed by atoms with Gasteiger partial charge in [-0.15, -0.1) is 11.3 Å². The van der Waals surface area contributed by atoms with Crippen LogP contribution in [0.1, 0.15) is 16.1 Å². The fourth-order valence-electron chi connectivity index (χ4n) is 0.645. The van der Waals surface area contributed by atoms with E-state index in [4.69, 9.17) is 5.26 Å². The van der Waals surface area contributed by atoms with Gasteiger partial charge >= 0.3 is 0 Å². The maximum atomic E-state index is 11.1. The lowest BCUT2D eigenvalue weighted by molar-refractivity contribution is 0.100. The van der Waals surface area contributed by atoms with Crippen LogP contribution in [0.5, 0.6) is 0 Å². The standard InChI is InChI=1S/C7H4INOS/c8-5-2-4-11-7(5)6(10)1-3-9/h2,4H,1H2. The molecule has 0 aliphatic heterocycles. The van der Waals surface area contributed by atoms with Crippen molar-refractivity contribution in [1.82, 2.24) is 0 Å². The molecular weight excluding hydrogens is 273 g/mol. The first-order valence-corrected chi connectivity index (χ1v) is 4.84. The minimum absolute atomic E-state index is 0.0173. The molecule has 0 atom stereocenters. The number of rotatable bonds is 2. The van der Waals surface area contributed by atoms with Crippen LogP contribution in [0.15, 0.2) is 11.4 Å². The molecule has 0 bridgehead atoms. The Morgan fingerprint density at radius 3 is 3.00 bits per heavy atom. The molecule has 0 saturated heterocycles. The number of carbonyl (C=O) groups excluding carboxylic acids is 1. The molecule has 11 heavy (non-hydrogen) atoms. The highest BCUT2D eigenvalue weighted by atomic mass is 127. The normalized spacial score (nSPS) is 9.09. The van der Waals surface area contributed by atoms with E-state index in [1.54, 1.807) is 0 Å². The third-order valence-corrected chi connectivity index (χ3v) is 3.33. The average Bonchev–Trinajstić information content (AvgIpc) is 2.36. The lowest BCUT2D eigenvalue weighted by Gasteiger charge is -1.89. The number of thiophene rings is 1. The van der Waals surface area contributed by atoms with Crippen LogP contribution in [0.2, 0.25) is 0 Å². The van der Waals surface area contributed by atoms with Crippen LogP contribution in [0.3, 0.4) is 0 Å². The van der Waals surface area contributed by atoms with Gasteiger partial charge < -0.3 is 0 Å². The first kappa shape index (κ1) is 8.68. The summed E-state index contributed by atoms with van der Waals surface area (Å²) in [6.45, 7) is 0. The Labute approximate surface area is 82.0 Å². The number of nitrogens with zero attached hydrogens (tertiary/aromatic N) is 1. The van der Waals surface area contributed by atoms with E-state index >= 15 is 0 Å². The smallest absolute Gasteiger partial charge is 0.187 e. The van der Waals surface area contributed by atoms with Gasteiger partial charge in [0, 0.05) is 3.57 Å². The van der Waals surface area contributed by atoms with Crippen molar-refractivity contribution in [3.63, 3.8) is 0 Å². The van der Waals surface area contributed by atoms with E-state index in [1.807, 2.05) is 17.5 Å². The van der Waals surface area contributed by atoms with Crippen LogP contribution in [-0.2, 0) is 0 Å². The van der Waals surface area contributed by atoms with Crippen molar-refractivity contribution in [1.29, 1.82) is 5.26 Å². The molecule has 0 N–H and O–H groups in total. The average molecular weight is 277 g/mol. The number of nitriles is 1. The quantitative estimate of drug-likeness (QED) is 0.615. The first-order valence-electron chi connectivity index (χ1n) is 2.89. The molecule has 4 heteroatoms. The van der Waals surface area contributed by atoms with Crippen molar-refractivity contribution in [2.24, 2.45) is 0 Å². The fourth-order valence-corrected chi connectivity index (χ4v) is 2.48. The Hall–Kier alpha value is -0.410. The molecule has 1 aromatic heterocycles. The Bertz CT molecular complexity index is 312. The molecule has 1 heterocycles. The second-order valence-electron chi connectivity index (χ2n) is 1.86. The molecule has 0 unspecified atom stereocenters. The van der Waals surface area contributed by atoms with Gasteiger partial charge in [-0.05, 0) is 34.0 Å². The van der Waals surface area contributed by atoms with Crippen LogP contribution < -0.4 is 0 Å². The van der Waals surface area contributed by atoms with E-state index in [0.29, 0.717) is 4.88 Å². The van der Waals surface area contributed by atoms with Crippen molar-refractivity contribution >= 4 is 39.7 Å². The van der Waals surface area contributed by atoms with Crippen LogP contribution >= 0.6 is 33.9 Å². The molecule has 0 fully saturated rings. The monoisotopic (exact) mass is 277 g/mol. The largest absolute Gasteiger partial charge is 0.292 e. The first-order chi connectivity index (χ1) is 5.25. The van der Waals surface area contributed by atoms with Gasteiger partial charge in [-0.2, -0.15) is 5.26 Å². The van der Waals surface area contributed by atoms with Crippen LogP contribution in [-0.4, -0.2) is 5.78 Å². The topological polar surface area (TPSA) is 40.9 Å². The summed E-state index contributed by atoms with van der Waals surface area (Å²) in [5, 5.41) is 10.1. The molecule has 0 aliphatic rings. The lowest BCUT2D eigenvalue weighted by atomic mass is 10.2. The summed E-state index contributed by atoms with van der Waals surface area (Å²) in [4.78, 5) is 11.8. The number of halogens is 1. The summed E-state index contributed by atoms with van der Waals surface area (Å²) in [6.07, 6.45) is -0.0173. The highest BCUT2D eigenvalue weighted by Gasteiger charge is 2.09. The third kappa shape index (κ3) is 2.01. The summed E-state index contributed by atoms with van der Waals surface area (Å²) >= 11 is 3.48. The molecule has 0 amide bonds. The Morgan fingerprint density at radius 2 is 2.55 bits per heavy atom. The van der Waals surface area contributed by atoms with E-state index in [1.165, 1.54) is 11.3 Å². The molecule has 0 spiro atoms. The molecule has 0 saturated carbocycles. The minimum Gasteiger partial charge on any atom is -0.292 e. The van der Waals surface area contributed by atoms with Crippen molar-refractivity contribution in [3.05, 3.63) is 19.9 Å². The zero-order valence-electron chi connectivity index (χ0n) is 5.50. The zero-order valence-corrected chi connectivity index (χ0v) is 8.48. The molecular formula is C7H4INOS. The Balaban J connectivity index is 2.86. The summed E-state index contributed by atoms with van der Waals surface area (Å²) in [7, 11) is 0. The van der Waals surface area contributed by atoms with Crippen LogP contribution in [0.25, 0.3) is 0 Å². The highest BCUT2D eigenvalue weighted by molar-refractivity contribution is 14.1. The molecule has 2 nitrogen and oxygen atoms in total. The third-order valence-electron chi connectivity index (χ3n) is 1.11. The maximum absolute atomic E-state index is 11.1. The van der Waals surface area contributed by atoms with Gasteiger partial charge in [-0.25, -0.2) is 0 Å². The Morgan fingerprint density at radius 1 is 1.82 bits per heavy atom. The predicted molar refractivity (Wildman–Crippen MR) is 51.6 cm³/mol. The van der Waals surface area contributed by atoms with Crippen LogP contribution in [0, 0.1) is 14.9 Å². The summed E-state index contributed by atoms with van der Waals surface area (Å²) in [6, 6.07) is 3.71. The zero-order chi connectivity index (χ0) is 8.27. The molecule has 0 radical (unpaired) electrons. The number of hydrogen-bond donors (Lipinski definition) is 0. The van der Waals surface area contributed by atoms with E-state index < -0.39 is 0 Å². The van der Waals surface area contributed by atoms with Gasteiger partial charge in [-0.3, -0.25) is 4.79 Å². The molecule has 56 valence electrons. The second kappa shape index (κ2) is 3.83. The van der Waals surface area contributed by atoms with E-state index in [9.17, 15) is 4.79 Å². The van der Waals surface area contributed by atoms with E-state index in [0.717, 1.165) is 3.57 Å². The number of Topliss-reactive ketones (excluding diaryl/α,β-unsaturated/α-hetero) is 1. The summed E-state index contributed by atoms with van der Waals surface area (Å²) in [5.41, 5.74) is 0.